The molecule has 0 fully saturated rings. The molecule has 2 aromatic carbocycles. The van der Waals surface area contributed by atoms with Crippen molar-refractivity contribution in [1.82, 2.24) is 0 Å². The summed E-state index contributed by atoms with van der Waals surface area (Å²) in [6, 6.07) is 9.19. The summed E-state index contributed by atoms with van der Waals surface area (Å²) in [4.78, 5) is 24.6. The minimum atomic E-state index is -0.440. The van der Waals surface area contributed by atoms with Gasteiger partial charge in [0, 0.05) is 12.0 Å². The van der Waals surface area contributed by atoms with Crippen LogP contribution in [0, 0.1) is 0 Å². The maximum absolute atomic E-state index is 12.4. The smallest absolute Gasteiger partial charge is 0.197 e. The summed E-state index contributed by atoms with van der Waals surface area (Å²) in [7, 11) is 0. The second-order valence-electron chi connectivity index (χ2n) is 4.44. The lowest BCUT2D eigenvalue weighted by molar-refractivity contribution is 0.0980. The fourth-order valence-corrected chi connectivity index (χ4v) is 2.38. The minimum absolute atomic E-state index is 0.0337. The van der Waals surface area contributed by atoms with E-state index in [2.05, 4.69) is 0 Å². The van der Waals surface area contributed by atoms with E-state index in [-0.39, 0.29) is 34.8 Å². The molecule has 0 unspecified atom stereocenters. The van der Waals surface area contributed by atoms with Crippen LogP contribution in [0.3, 0.4) is 0 Å². The van der Waals surface area contributed by atoms with E-state index in [0.29, 0.717) is 11.1 Å². The van der Waals surface area contributed by atoms with Crippen LogP contribution >= 0.6 is 0 Å². The van der Waals surface area contributed by atoms with Crippen molar-refractivity contribution in [1.29, 1.82) is 0 Å². The normalized spacial score (nSPS) is 13.7. The molecule has 0 saturated heterocycles. The number of aromatic hydroxyl groups is 2. The van der Waals surface area contributed by atoms with Crippen molar-refractivity contribution in [3.63, 3.8) is 0 Å². The summed E-state index contributed by atoms with van der Waals surface area (Å²) in [5, 5.41) is 19.6. The zero-order chi connectivity index (χ0) is 13.6. The lowest BCUT2D eigenvalue weighted by atomic mass is 9.97. The van der Waals surface area contributed by atoms with Gasteiger partial charge in [-0.2, -0.15) is 0 Å². The van der Waals surface area contributed by atoms with Gasteiger partial charge in [-0.1, -0.05) is 24.3 Å². The van der Waals surface area contributed by atoms with Crippen molar-refractivity contribution in [2.45, 2.75) is 6.42 Å². The molecule has 3 rings (SSSR count). The highest BCUT2D eigenvalue weighted by molar-refractivity contribution is 6.21. The molecular formula is C15H10O4. The summed E-state index contributed by atoms with van der Waals surface area (Å²) < 4.78 is 0. The van der Waals surface area contributed by atoms with Gasteiger partial charge in [0.15, 0.2) is 11.6 Å². The third kappa shape index (κ3) is 1.61. The molecule has 94 valence electrons. The number of fused-ring (bicyclic) bond motifs is 2. The molecule has 0 saturated carbocycles. The Morgan fingerprint density at radius 1 is 0.842 bits per heavy atom. The highest BCUT2D eigenvalue weighted by Gasteiger charge is 2.30. The van der Waals surface area contributed by atoms with Gasteiger partial charge in [0.05, 0.1) is 11.1 Å². The van der Waals surface area contributed by atoms with Crippen LogP contribution in [0.25, 0.3) is 0 Å². The van der Waals surface area contributed by atoms with E-state index >= 15 is 0 Å². The molecule has 0 aliphatic heterocycles. The van der Waals surface area contributed by atoms with Crippen molar-refractivity contribution in [3.8, 4) is 11.5 Å². The predicted molar refractivity (Wildman–Crippen MR) is 67.7 cm³/mol. The van der Waals surface area contributed by atoms with E-state index in [1.807, 2.05) is 0 Å². The summed E-state index contributed by atoms with van der Waals surface area (Å²) in [5.41, 5.74) is 0.777. The molecule has 1 aliphatic rings. The standard InChI is InChI=1S/C15H10O4/c16-10-5-6-11(17)14-13(10)12(18)7-8-3-1-2-4-9(8)15(14)19/h1-6,16-17H,7H2. The molecule has 0 heterocycles. The Hall–Kier alpha value is -2.62. The van der Waals surface area contributed by atoms with Crippen LogP contribution in [0.1, 0.15) is 31.8 Å². The number of rotatable bonds is 0. The topological polar surface area (TPSA) is 74.6 Å². The monoisotopic (exact) mass is 254 g/mol. The summed E-state index contributed by atoms with van der Waals surface area (Å²) in [6.07, 6.45) is 0.0337. The van der Waals surface area contributed by atoms with E-state index < -0.39 is 5.78 Å². The number of phenolic OH excluding ortho intramolecular Hbond substituents is 2. The van der Waals surface area contributed by atoms with E-state index in [0.717, 1.165) is 0 Å². The van der Waals surface area contributed by atoms with Crippen molar-refractivity contribution in [3.05, 3.63) is 58.7 Å². The Morgan fingerprint density at radius 2 is 1.47 bits per heavy atom. The third-order valence-electron chi connectivity index (χ3n) is 3.28. The summed E-state index contributed by atoms with van der Waals surface area (Å²) >= 11 is 0. The van der Waals surface area contributed by atoms with Crippen LogP contribution in [0.2, 0.25) is 0 Å². The van der Waals surface area contributed by atoms with Crippen molar-refractivity contribution >= 4 is 11.6 Å². The SMILES string of the molecule is O=C1Cc2ccccc2C(=O)c2c(O)ccc(O)c21. The first-order valence-electron chi connectivity index (χ1n) is 5.80. The number of carbonyl (C=O) groups is 2. The molecule has 19 heavy (non-hydrogen) atoms. The molecule has 1 aliphatic carbocycles. The van der Waals surface area contributed by atoms with Crippen LogP contribution in [-0.4, -0.2) is 21.8 Å². The van der Waals surface area contributed by atoms with Crippen LogP contribution in [-0.2, 0) is 6.42 Å². The largest absolute Gasteiger partial charge is 0.507 e. The molecule has 0 radical (unpaired) electrons. The van der Waals surface area contributed by atoms with Gasteiger partial charge < -0.3 is 10.2 Å². The van der Waals surface area contributed by atoms with Crippen molar-refractivity contribution in [2.75, 3.05) is 0 Å². The number of Topliss-reactive ketones (excluding diaryl/α,β-unsaturated/α-hetero) is 1. The molecule has 2 N–H and O–H groups in total. The maximum Gasteiger partial charge on any atom is 0.197 e. The van der Waals surface area contributed by atoms with Gasteiger partial charge in [-0.05, 0) is 17.7 Å². The average Bonchev–Trinajstić information content (AvgIpc) is 2.51. The van der Waals surface area contributed by atoms with E-state index in [4.69, 9.17) is 0 Å². The number of phenols is 2. The molecular weight excluding hydrogens is 244 g/mol. The summed E-state index contributed by atoms with van der Waals surface area (Å²) in [5.74, 6) is -1.38. The zero-order valence-corrected chi connectivity index (χ0v) is 9.88. The first kappa shape index (κ1) is 11.5. The molecule has 0 aromatic heterocycles. The van der Waals surface area contributed by atoms with Crippen LogP contribution in [0.15, 0.2) is 36.4 Å². The van der Waals surface area contributed by atoms with Gasteiger partial charge in [-0.25, -0.2) is 0 Å². The van der Waals surface area contributed by atoms with Crippen molar-refractivity contribution in [2.24, 2.45) is 0 Å². The fourth-order valence-electron chi connectivity index (χ4n) is 2.38. The zero-order valence-electron chi connectivity index (χ0n) is 9.88. The Balaban J connectivity index is 2.37. The summed E-state index contributed by atoms with van der Waals surface area (Å²) in [6.45, 7) is 0. The number of carbonyl (C=O) groups excluding carboxylic acids is 2. The van der Waals surface area contributed by atoms with Crippen LogP contribution < -0.4 is 0 Å². The molecule has 0 bridgehead atoms. The highest BCUT2D eigenvalue weighted by Crippen LogP contribution is 2.35. The Bertz CT molecular complexity index is 716. The van der Waals surface area contributed by atoms with Gasteiger partial charge in [0.25, 0.3) is 0 Å². The lowest BCUT2D eigenvalue weighted by Gasteiger charge is -2.08. The molecule has 4 nitrogen and oxygen atoms in total. The average molecular weight is 254 g/mol. The van der Waals surface area contributed by atoms with Crippen LogP contribution in [0.4, 0.5) is 0 Å². The van der Waals surface area contributed by atoms with Crippen molar-refractivity contribution < 1.29 is 19.8 Å². The van der Waals surface area contributed by atoms with Gasteiger partial charge in [-0.15, -0.1) is 0 Å². The van der Waals surface area contributed by atoms with E-state index in [1.165, 1.54) is 12.1 Å². The van der Waals surface area contributed by atoms with Gasteiger partial charge >= 0.3 is 0 Å². The molecule has 0 atom stereocenters. The van der Waals surface area contributed by atoms with Gasteiger partial charge in [0.2, 0.25) is 0 Å². The first-order valence-corrected chi connectivity index (χ1v) is 5.80. The Kier molecular flexibility index (Phi) is 2.38. The van der Waals surface area contributed by atoms with E-state index in [9.17, 15) is 19.8 Å². The molecule has 0 amide bonds. The first-order chi connectivity index (χ1) is 9.09. The second-order valence-corrected chi connectivity index (χ2v) is 4.44. The highest BCUT2D eigenvalue weighted by atomic mass is 16.3. The Morgan fingerprint density at radius 3 is 2.21 bits per heavy atom. The fraction of sp³-hybridized carbons (Fsp3) is 0.0667. The Labute approximate surface area is 108 Å². The molecule has 0 spiro atoms. The third-order valence-corrected chi connectivity index (χ3v) is 3.28. The molecule has 2 aromatic rings. The van der Waals surface area contributed by atoms with Gasteiger partial charge in [-0.3, -0.25) is 9.59 Å². The lowest BCUT2D eigenvalue weighted by Crippen LogP contribution is -2.07. The minimum Gasteiger partial charge on any atom is -0.507 e. The predicted octanol–water partition coefficient (Wildman–Crippen LogP) is 2.07. The maximum atomic E-state index is 12.4. The quantitative estimate of drug-likeness (QED) is 0.706. The number of benzene rings is 2. The molecule has 4 heteroatoms. The number of hydrogen-bond acceptors (Lipinski definition) is 4. The second kappa shape index (κ2) is 3.95. The number of ketones is 2. The number of hydrogen-bond donors (Lipinski definition) is 2. The van der Waals surface area contributed by atoms with Gasteiger partial charge in [0.1, 0.15) is 11.5 Å². The van der Waals surface area contributed by atoms with E-state index in [1.54, 1.807) is 24.3 Å². The van der Waals surface area contributed by atoms with Crippen LogP contribution in [0.5, 0.6) is 11.5 Å².